The van der Waals surface area contributed by atoms with Crippen LogP contribution in [0.5, 0.6) is 0 Å². The number of oxazole rings is 1. The van der Waals surface area contributed by atoms with Crippen LogP contribution in [-0.4, -0.2) is 71.4 Å². The maximum atomic E-state index is 12.5. The van der Waals surface area contributed by atoms with Gasteiger partial charge in [0, 0.05) is 39.0 Å². The third kappa shape index (κ3) is 3.60. The van der Waals surface area contributed by atoms with Crippen LogP contribution in [0.25, 0.3) is 0 Å². The van der Waals surface area contributed by atoms with E-state index in [0.717, 1.165) is 70.1 Å². The van der Waals surface area contributed by atoms with Crippen LogP contribution in [0.2, 0.25) is 0 Å². The Kier molecular flexibility index (Phi) is 4.58. The minimum Gasteiger partial charge on any atom is -0.449 e. The second kappa shape index (κ2) is 6.72. The summed E-state index contributed by atoms with van der Waals surface area (Å²) in [6.07, 6.45) is 7.10. The van der Waals surface area contributed by atoms with Crippen LogP contribution < -0.4 is 0 Å². The molecule has 3 aliphatic heterocycles. The molecule has 3 fully saturated rings. The standard InChI is InChI=1S/C19H30N4O2/c1-15-20-16(13-25-15)11-22-9-6-19(7-10-22)5-3-18(24)23(14-19)17-4-8-21(2)12-17/h13,17H,3-12,14H2,1-2H3. The number of aryl methyl sites for hydroxylation is 1. The molecule has 1 spiro atoms. The van der Waals surface area contributed by atoms with Crippen molar-refractivity contribution in [2.75, 3.05) is 39.8 Å². The van der Waals surface area contributed by atoms with Gasteiger partial charge in [0.1, 0.15) is 6.26 Å². The average molecular weight is 346 g/mol. The molecule has 6 heteroatoms. The monoisotopic (exact) mass is 346 g/mol. The average Bonchev–Trinajstić information content (AvgIpc) is 3.21. The van der Waals surface area contributed by atoms with Crippen molar-refractivity contribution in [1.29, 1.82) is 0 Å². The maximum absolute atomic E-state index is 12.5. The highest BCUT2D eigenvalue weighted by Gasteiger charge is 2.43. The number of nitrogens with zero attached hydrogens (tertiary/aromatic N) is 4. The summed E-state index contributed by atoms with van der Waals surface area (Å²) in [6.45, 7) is 8.09. The van der Waals surface area contributed by atoms with Crippen molar-refractivity contribution in [3.05, 3.63) is 17.8 Å². The first-order chi connectivity index (χ1) is 12.0. The summed E-state index contributed by atoms with van der Waals surface area (Å²) in [6, 6.07) is 0.436. The van der Waals surface area contributed by atoms with Gasteiger partial charge >= 0.3 is 0 Å². The number of piperidine rings is 2. The van der Waals surface area contributed by atoms with E-state index < -0.39 is 0 Å². The first-order valence-corrected chi connectivity index (χ1v) is 9.64. The zero-order valence-corrected chi connectivity index (χ0v) is 15.5. The number of carbonyl (C=O) groups excluding carboxylic acids is 1. The quantitative estimate of drug-likeness (QED) is 0.837. The molecule has 0 saturated carbocycles. The molecule has 6 nitrogen and oxygen atoms in total. The summed E-state index contributed by atoms with van der Waals surface area (Å²) >= 11 is 0. The van der Waals surface area contributed by atoms with Gasteiger partial charge in [-0.3, -0.25) is 9.69 Å². The van der Waals surface area contributed by atoms with Gasteiger partial charge in [0.2, 0.25) is 5.91 Å². The van der Waals surface area contributed by atoms with Gasteiger partial charge in [-0.05, 0) is 57.8 Å². The first kappa shape index (κ1) is 17.0. The van der Waals surface area contributed by atoms with E-state index in [1.54, 1.807) is 6.26 Å². The van der Waals surface area contributed by atoms with Crippen molar-refractivity contribution < 1.29 is 9.21 Å². The Bertz CT molecular complexity index is 621. The Morgan fingerprint density at radius 3 is 2.72 bits per heavy atom. The lowest BCUT2D eigenvalue weighted by Crippen LogP contribution is -2.54. The molecule has 0 aliphatic carbocycles. The summed E-state index contributed by atoms with van der Waals surface area (Å²) in [5.74, 6) is 1.12. The van der Waals surface area contributed by atoms with Crippen LogP contribution in [0.15, 0.2) is 10.7 Å². The first-order valence-electron chi connectivity index (χ1n) is 9.64. The van der Waals surface area contributed by atoms with Crippen molar-refractivity contribution in [1.82, 2.24) is 19.7 Å². The van der Waals surface area contributed by atoms with E-state index in [1.165, 1.54) is 12.8 Å². The van der Waals surface area contributed by atoms with E-state index in [2.05, 4.69) is 26.7 Å². The lowest BCUT2D eigenvalue weighted by Gasteiger charge is -2.49. The SMILES string of the molecule is Cc1nc(CN2CCC3(CCC(=O)N(C4CCN(C)C4)C3)CC2)co1. The van der Waals surface area contributed by atoms with E-state index in [-0.39, 0.29) is 0 Å². The molecule has 138 valence electrons. The van der Waals surface area contributed by atoms with Crippen molar-refractivity contribution in [2.45, 2.75) is 51.6 Å². The highest BCUT2D eigenvalue weighted by atomic mass is 16.3. The van der Waals surface area contributed by atoms with Gasteiger partial charge in [0.05, 0.1) is 5.69 Å². The number of hydrogen-bond acceptors (Lipinski definition) is 5. The Hall–Kier alpha value is -1.40. The van der Waals surface area contributed by atoms with E-state index in [4.69, 9.17) is 4.42 Å². The molecule has 0 aromatic carbocycles. The molecular weight excluding hydrogens is 316 g/mol. The number of carbonyl (C=O) groups is 1. The number of likely N-dealkylation sites (tertiary alicyclic amines) is 3. The maximum Gasteiger partial charge on any atom is 0.222 e. The molecule has 4 heterocycles. The fraction of sp³-hybridized carbons (Fsp3) is 0.789. The highest BCUT2D eigenvalue weighted by Crippen LogP contribution is 2.41. The summed E-state index contributed by atoms with van der Waals surface area (Å²) in [4.78, 5) is 24.0. The van der Waals surface area contributed by atoms with Crippen molar-refractivity contribution in [3.63, 3.8) is 0 Å². The third-order valence-corrected chi connectivity index (χ3v) is 6.47. The molecule has 4 rings (SSSR count). The Morgan fingerprint density at radius 2 is 2.08 bits per heavy atom. The van der Waals surface area contributed by atoms with Gasteiger partial charge in [-0.15, -0.1) is 0 Å². The van der Waals surface area contributed by atoms with E-state index in [9.17, 15) is 4.79 Å². The Balaban J connectivity index is 1.35. The van der Waals surface area contributed by atoms with Gasteiger partial charge in [0.15, 0.2) is 5.89 Å². The Labute approximate surface area is 150 Å². The minimum absolute atomic E-state index is 0.339. The predicted molar refractivity (Wildman–Crippen MR) is 95.0 cm³/mol. The van der Waals surface area contributed by atoms with Gasteiger partial charge in [-0.25, -0.2) is 4.98 Å². The molecule has 1 aromatic rings. The Morgan fingerprint density at radius 1 is 1.28 bits per heavy atom. The number of aromatic nitrogens is 1. The van der Waals surface area contributed by atoms with Gasteiger partial charge in [0.25, 0.3) is 0 Å². The van der Waals surface area contributed by atoms with Crippen molar-refractivity contribution in [2.24, 2.45) is 5.41 Å². The zero-order valence-electron chi connectivity index (χ0n) is 15.5. The summed E-state index contributed by atoms with van der Waals surface area (Å²) in [7, 11) is 2.16. The molecule has 1 aromatic heterocycles. The molecule has 0 radical (unpaired) electrons. The van der Waals surface area contributed by atoms with Crippen LogP contribution in [0, 0.1) is 12.3 Å². The fourth-order valence-corrected chi connectivity index (χ4v) is 4.85. The molecule has 0 N–H and O–H groups in total. The molecule has 3 aliphatic rings. The highest BCUT2D eigenvalue weighted by molar-refractivity contribution is 5.77. The van der Waals surface area contributed by atoms with Crippen LogP contribution in [0.3, 0.4) is 0 Å². The number of hydrogen-bond donors (Lipinski definition) is 0. The smallest absolute Gasteiger partial charge is 0.222 e. The van der Waals surface area contributed by atoms with E-state index in [0.29, 0.717) is 17.4 Å². The van der Waals surface area contributed by atoms with E-state index >= 15 is 0 Å². The molecule has 25 heavy (non-hydrogen) atoms. The van der Waals surface area contributed by atoms with Crippen LogP contribution in [0.1, 0.15) is 43.7 Å². The minimum atomic E-state index is 0.339. The molecule has 1 unspecified atom stereocenters. The molecule has 1 atom stereocenters. The van der Waals surface area contributed by atoms with Crippen LogP contribution in [-0.2, 0) is 11.3 Å². The van der Waals surface area contributed by atoms with Crippen LogP contribution in [0.4, 0.5) is 0 Å². The molecule has 3 saturated heterocycles. The summed E-state index contributed by atoms with van der Waals surface area (Å²) < 4.78 is 5.32. The lowest BCUT2D eigenvalue weighted by molar-refractivity contribution is -0.142. The second-order valence-electron chi connectivity index (χ2n) is 8.36. The van der Waals surface area contributed by atoms with Crippen molar-refractivity contribution in [3.8, 4) is 0 Å². The van der Waals surface area contributed by atoms with Gasteiger partial charge in [-0.1, -0.05) is 0 Å². The largest absolute Gasteiger partial charge is 0.449 e. The third-order valence-electron chi connectivity index (χ3n) is 6.47. The number of amides is 1. The second-order valence-corrected chi connectivity index (χ2v) is 8.36. The lowest BCUT2D eigenvalue weighted by atomic mass is 9.72. The fourth-order valence-electron chi connectivity index (χ4n) is 4.85. The predicted octanol–water partition coefficient (Wildman–Crippen LogP) is 1.89. The molecule has 0 bridgehead atoms. The zero-order chi connectivity index (χ0) is 17.4. The summed E-state index contributed by atoms with van der Waals surface area (Å²) in [5.41, 5.74) is 1.37. The number of rotatable bonds is 3. The molecule has 1 amide bonds. The summed E-state index contributed by atoms with van der Waals surface area (Å²) in [5, 5.41) is 0. The van der Waals surface area contributed by atoms with Gasteiger partial charge in [-0.2, -0.15) is 0 Å². The van der Waals surface area contributed by atoms with Gasteiger partial charge < -0.3 is 14.2 Å². The van der Waals surface area contributed by atoms with Crippen LogP contribution >= 0.6 is 0 Å². The van der Waals surface area contributed by atoms with Crippen molar-refractivity contribution >= 4 is 5.91 Å². The number of likely N-dealkylation sites (N-methyl/N-ethyl adjacent to an activating group) is 1. The molecular formula is C19H30N4O2. The normalized spacial score (nSPS) is 28.2. The van der Waals surface area contributed by atoms with E-state index in [1.807, 2.05) is 6.92 Å². The topological polar surface area (TPSA) is 52.8 Å².